The largest absolute Gasteiger partial charge is 0.386 e. The quantitative estimate of drug-likeness (QED) is 0.575. The molecule has 0 radical (unpaired) electrons. The van der Waals surface area contributed by atoms with E-state index in [4.69, 9.17) is 0 Å². The first-order chi connectivity index (χ1) is 4.95. The van der Waals surface area contributed by atoms with Crippen LogP contribution >= 0.6 is 0 Å². The Bertz CT molecular complexity index is 187. The summed E-state index contributed by atoms with van der Waals surface area (Å²) in [6.07, 6.45) is 1.99. The van der Waals surface area contributed by atoms with Crippen LogP contribution in [0.4, 0.5) is 0 Å². The summed E-state index contributed by atoms with van der Waals surface area (Å²) < 4.78 is 0. The van der Waals surface area contributed by atoms with Crippen LogP contribution in [-0.2, 0) is 0 Å². The van der Waals surface area contributed by atoms with Gasteiger partial charge in [0.1, 0.15) is 0 Å². The van der Waals surface area contributed by atoms with Crippen molar-refractivity contribution < 1.29 is 5.11 Å². The van der Waals surface area contributed by atoms with Gasteiger partial charge >= 0.3 is 0 Å². The summed E-state index contributed by atoms with van der Waals surface area (Å²) in [5.41, 5.74) is 2.14. The molecule has 0 spiro atoms. The van der Waals surface area contributed by atoms with E-state index in [0.717, 1.165) is 12.8 Å². The Hall–Kier alpha value is -0.300. The van der Waals surface area contributed by atoms with Crippen LogP contribution in [0.1, 0.15) is 40.5 Å². The highest BCUT2D eigenvalue weighted by atomic mass is 16.3. The molecule has 0 fully saturated rings. The molecule has 11 heavy (non-hydrogen) atoms. The van der Waals surface area contributed by atoms with Gasteiger partial charge in [0.2, 0.25) is 0 Å². The minimum Gasteiger partial charge on any atom is -0.386 e. The van der Waals surface area contributed by atoms with Crippen molar-refractivity contribution in [2.24, 2.45) is 5.92 Å². The molecule has 0 aromatic rings. The van der Waals surface area contributed by atoms with Crippen LogP contribution in [-0.4, -0.2) is 10.7 Å². The van der Waals surface area contributed by atoms with Crippen molar-refractivity contribution >= 4 is 0 Å². The van der Waals surface area contributed by atoms with E-state index in [9.17, 15) is 5.11 Å². The molecule has 0 aromatic carbocycles. The van der Waals surface area contributed by atoms with E-state index in [2.05, 4.69) is 20.8 Å². The van der Waals surface area contributed by atoms with E-state index >= 15 is 0 Å². The van der Waals surface area contributed by atoms with Crippen molar-refractivity contribution in [2.45, 2.75) is 46.1 Å². The third-order valence-corrected chi connectivity index (χ3v) is 2.87. The molecule has 1 aliphatic rings. The van der Waals surface area contributed by atoms with E-state index in [0.29, 0.717) is 5.92 Å². The lowest BCUT2D eigenvalue weighted by molar-refractivity contribution is 0.0999. The Morgan fingerprint density at radius 3 is 2.18 bits per heavy atom. The van der Waals surface area contributed by atoms with Gasteiger partial charge < -0.3 is 5.11 Å². The number of hydrogen-bond donors (Lipinski definition) is 1. The molecule has 0 heterocycles. The second kappa shape index (κ2) is 2.63. The Balaban J connectivity index is 2.90. The maximum absolute atomic E-state index is 9.82. The van der Waals surface area contributed by atoms with Gasteiger partial charge in [-0.1, -0.05) is 19.4 Å². The number of aliphatic hydroxyl groups is 1. The van der Waals surface area contributed by atoms with E-state index in [1.165, 1.54) is 11.1 Å². The van der Waals surface area contributed by atoms with Gasteiger partial charge in [0.05, 0.1) is 5.60 Å². The Kier molecular flexibility index (Phi) is 2.10. The van der Waals surface area contributed by atoms with Crippen molar-refractivity contribution in [1.82, 2.24) is 0 Å². The summed E-state index contributed by atoms with van der Waals surface area (Å²) >= 11 is 0. The van der Waals surface area contributed by atoms with Gasteiger partial charge in [-0.25, -0.2) is 0 Å². The lowest BCUT2D eigenvalue weighted by Crippen LogP contribution is -2.21. The Morgan fingerprint density at radius 2 is 2.00 bits per heavy atom. The molecule has 1 unspecified atom stereocenters. The molecular formula is C10H18O. The van der Waals surface area contributed by atoms with Crippen LogP contribution in [0, 0.1) is 5.92 Å². The average Bonchev–Trinajstić information content (AvgIpc) is 2.09. The molecule has 1 aliphatic carbocycles. The summed E-state index contributed by atoms with van der Waals surface area (Å²) in [5, 5.41) is 9.82. The van der Waals surface area contributed by atoms with Crippen LogP contribution in [0.5, 0.6) is 0 Å². The highest BCUT2D eigenvalue weighted by Crippen LogP contribution is 2.38. The second-order valence-electron chi connectivity index (χ2n) is 4.08. The van der Waals surface area contributed by atoms with Gasteiger partial charge in [0.15, 0.2) is 0 Å². The lowest BCUT2D eigenvalue weighted by Gasteiger charge is -2.18. The minimum absolute atomic E-state index is 0.514. The van der Waals surface area contributed by atoms with Crippen molar-refractivity contribution in [3.63, 3.8) is 0 Å². The first-order valence-corrected chi connectivity index (χ1v) is 4.37. The minimum atomic E-state index is -0.514. The molecule has 0 saturated carbocycles. The van der Waals surface area contributed by atoms with Gasteiger partial charge in [-0.2, -0.15) is 0 Å². The molecule has 1 atom stereocenters. The van der Waals surface area contributed by atoms with E-state index in [-0.39, 0.29) is 0 Å². The summed E-state index contributed by atoms with van der Waals surface area (Å²) in [6, 6.07) is 0. The number of hydrogen-bond acceptors (Lipinski definition) is 1. The fourth-order valence-electron chi connectivity index (χ4n) is 1.82. The topological polar surface area (TPSA) is 20.2 Å². The van der Waals surface area contributed by atoms with Crippen LogP contribution in [0.2, 0.25) is 0 Å². The average molecular weight is 154 g/mol. The van der Waals surface area contributed by atoms with E-state index < -0.39 is 5.60 Å². The lowest BCUT2D eigenvalue weighted by atomic mass is 9.96. The zero-order valence-corrected chi connectivity index (χ0v) is 7.94. The van der Waals surface area contributed by atoms with Crippen LogP contribution < -0.4 is 0 Å². The molecule has 1 heteroatoms. The molecule has 0 bridgehead atoms. The summed E-state index contributed by atoms with van der Waals surface area (Å²) in [4.78, 5) is 0. The summed E-state index contributed by atoms with van der Waals surface area (Å²) in [6.45, 7) is 8.36. The second-order valence-corrected chi connectivity index (χ2v) is 4.08. The normalized spacial score (nSPS) is 32.2. The van der Waals surface area contributed by atoms with Crippen molar-refractivity contribution in [3.05, 3.63) is 11.1 Å². The van der Waals surface area contributed by atoms with Gasteiger partial charge in [-0.15, -0.1) is 0 Å². The summed E-state index contributed by atoms with van der Waals surface area (Å²) in [5.74, 6) is 0.601. The highest BCUT2D eigenvalue weighted by molar-refractivity contribution is 5.28. The van der Waals surface area contributed by atoms with Crippen LogP contribution in [0.25, 0.3) is 0 Å². The van der Waals surface area contributed by atoms with Crippen molar-refractivity contribution in [2.75, 3.05) is 0 Å². The van der Waals surface area contributed by atoms with Gasteiger partial charge in [0.25, 0.3) is 0 Å². The number of allylic oxidation sites excluding steroid dienone is 1. The highest BCUT2D eigenvalue weighted by Gasteiger charge is 2.31. The molecule has 0 aliphatic heterocycles. The molecule has 0 aromatic heterocycles. The predicted octanol–water partition coefficient (Wildman–Crippen LogP) is 2.50. The molecular weight excluding hydrogens is 136 g/mol. The van der Waals surface area contributed by atoms with Crippen LogP contribution in [0.3, 0.4) is 0 Å². The molecule has 64 valence electrons. The summed E-state index contributed by atoms with van der Waals surface area (Å²) in [7, 11) is 0. The molecule has 1 N–H and O–H groups in total. The fraction of sp³-hybridized carbons (Fsp3) is 0.800. The first kappa shape index (κ1) is 8.79. The first-order valence-electron chi connectivity index (χ1n) is 4.37. The van der Waals surface area contributed by atoms with Crippen molar-refractivity contribution in [1.29, 1.82) is 0 Å². The number of rotatable bonds is 1. The SMILES string of the molecule is CC1=C(C(C)C)CCC1(C)O. The third kappa shape index (κ3) is 1.48. The molecule has 0 amide bonds. The van der Waals surface area contributed by atoms with E-state index in [1.807, 2.05) is 6.92 Å². The molecule has 1 rings (SSSR count). The zero-order valence-electron chi connectivity index (χ0n) is 7.94. The Morgan fingerprint density at radius 1 is 1.45 bits per heavy atom. The van der Waals surface area contributed by atoms with Gasteiger partial charge in [-0.05, 0) is 38.2 Å². The van der Waals surface area contributed by atoms with E-state index in [1.54, 1.807) is 0 Å². The predicted molar refractivity (Wildman–Crippen MR) is 47.4 cm³/mol. The van der Waals surface area contributed by atoms with Gasteiger partial charge in [-0.3, -0.25) is 0 Å². The fourth-order valence-corrected chi connectivity index (χ4v) is 1.82. The third-order valence-electron chi connectivity index (χ3n) is 2.87. The van der Waals surface area contributed by atoms with Gasteiger partial charge in [0, 0.05) is 0 Å². The smallest absolute Gasteiger partial charge is 0.0831 e. The maximum Gasteiger partial charge on any atom is 0.0831 e. The standard InChI is InChI=1S/C10H18O/c1-7(2)9-5-6-10(4,11)8(9)3/h7,11H,5-6H2,1-4H3. The monoisotopic (exact) mass is 154 g/mol. The Labute approximate surface area is 69.1 Å². The maximum atomic E-state index is 9.82. The molecule has 1 nitrogen and oxygen atoms in total. The molecule has 0 saturated heterocycles. The van der Waals surface area contributed by atoms with Crippen molar-refractivity contribution in [3.8, 4) is 0 Å². The van der Waals surface area contributed by atoms with Crippen LogP contribution in [0.15, 0.2) is 11.1 Å². The zero-order chi connectivity index (χ0) is 8.65.